The van der Waals surface area contributed by atoms with Crippen LogP contribution in [0.5, 0.6) is 5.75 Å². The first-order valence-corrected chi connectivity index (χ1v) is 7.21. The third-order valence-electron chi connectivity index (χ3n) is 2.77. The van der Waals surface area contributed by atoms with Gasteiger partial charge < -0.3 is 15.4 Å². The summed E-state index contributed by atoms with van der Waals surface area (Å²) in [5.41, 5.74) is 1.02. The molecule has 0 fully saturated rings. The van der Waals surface area contributed by atoms with E-state index in [0.29, 0.717) is 6.54 Å². The van der Waals surface area contributed by atoms with E-state index in [4.69, 9.17) is 4.74 Å². The Kier molecular flexibility index (Phi) is 6.87. The second-order valence-corrected chi connectivity index (χ2v) is 5.36. The van der Waals surface area contributed by atoms with E-state index in [1.54, 1.807) is 0 Å². The standard InChI is InChI=1S/C14H21BrN2O2/c1-4-10(2)17-14(18)9-19-13-6-5-12(15)7-11(13)8-16-3/h5-7,10,16H,4,8-9H2,1-3H3,(H,17,18). The van der Waals surface area contributed by atoms with Gasteiger partial charge in [0.25, 0.3) is 5.91 Å². The van der Waals surface area contributed by atoms with Crippen molar-refractivity contribution in [2.45, 2.75) is 32.9 Å². The minimum atomic E-state index is -0.0901. The number of rotatable bonds is 7. The van der Waals surface area contributed by atoms with E-state index >= 15 is 0 Å². The highest BCUT2D eigenvalue weighted by Gasteiger charge is 2.09. The molecule has 0 heterocycles. The van der Waals surface area contributed by atoms with Crippen molar-refractivity contribution in [2.75, 3.05) is 13.7 Å². The van der Waals surface area contributed by atoms with Crippen LogP contribution in [0.1, 0.15) is 25.8 Å². The maximum absolute atomic E-state index is 11.7. The molecule has 19 heavy (non-hydrogen) atoms. The Hall–Kier alpha value is -1.07. The zero-order valence-corrected chi connectivity index (χ0v) is 13.2. The molecule has 1 amide bonds. The van der Waals surface area contributed by atoms with Crippen LogP contribution in [0.4, 0.5) is 0 Å². The van der Waals surface area contributed by atoms with Crippen LogP contribution in [0.25, 0.3) is 0 Å². The highest BCUT2D eigenvalue weighted by atomic mass is 79.9. The molecule has 0 saturated heterocycles. The molecule has 4 nitrogen and oxygen atoms in total. The second-order valence-electron chi connectivity index (χ2n) is 4.45. The molecule has 106 valence electrons. The number of amides is 1. The van der Waals surface area contributed by atoms with Gasteiger partial charge in [-0.1, -0.05) is 22.9 Å². The molecular weight excluding hydrogens is 308 g/mol. The number of halogens is 1. The quantitative estimate of drug-likeness (QED) is 0.808. The fraction of sp³-hybridized carbons (Fsp3) is 0.500. The van der Waals surface area contributed by atoms with Gasteiger partial charge in [0.2, 0.25) is 0 Å². The average molecular weight is 329 g/mol. The summed E-state index contributed by atoms with van der Waals surface area (Å²) in [6.07, 6.45) is 0.912. The van der Waals surface area contributed by atoms with Gasteiger partial charge in [-0.25, -0.2) is 0 Å². The van der Waals surface area contributed by atoms with E-state index in [0.717, 1.165) is 22.2 Å². The average Bonchev–Trinajstić information content (AvgIpc) is 2.38. The van der Waals surface area contributed by atoms with Crippen molar-refractivity contribution in [3.8, 4) is 5.75 Å². The van der Waals surface area contributed by atoms with Crippen LogP contribution in [0.3, 0.4) is 0 Å². The van der Waals surface area contributed by atoms with Crippen molar-refractivity contribution in [2.24, 2.45) is 0 Å². The van der Waals surface area contributed by atoms with E-state index in [-0.39, 0.29) is 18.6 Å². The third-order valence-corrected chi connectivity index (χ3v) is 3.26. The lowest BCUT2D eigenvalue weighted by Crippen LogP contribution is -2.35. The zero-order valence-electron chi connectivity index (χ0n) is 11.6. The number of benzene rings is 1. The highest BCUT2D eigenvalue weighted by Crippen LogP contribution is 2.23. The molecule has 1 aromatic rings. The van der Waals surface area contributed by atoms with Gasteiger partial charge in [0, 0.05) is 22.6 Å². The van der Waals surface area contributed by atoms with Gasteiger partial charge in [-0.2, -0.15) is 0 Å². The molecule has 0 aliphatic carbocycles. The maximum Gasteiger partial charge on any atom is 0.258 e. The molecule has 0 radical (unpaired) electrons. The van der Waals surface area contributed by atoms with Crippen molar-refractivity contribution >= 4 is 21.8 Å². The molecule has 1 aromatic carbocycles. The van der Waals surface area contributed by atoms with Gasteiger partial charge >= 0.3 is 0 Å². The number of carbonyl (C=O) groups excluding carboxylic acids is 1. The van der Waals surface area contributed by atoms with Gasteiger partial charge in [0.05, 0.1) is 0 Å². The number of hydrogen-bond acceptors (Lipinski definition) is 3. The van der Waals surface area contributed by atoms with Crippen molar-refractivity contribution in [1.29, 1.82) is 0 Å². The fourth-order valence-electron chi connectivity index (χ4n) is 1.58. The minimum Gasteiger partial charge on any atom is -0.483 e. The van der Waals surface area contributed by atoms with Crippen LogP contribution in [0, 0.1) is 0 Å². The summed E-state index contributed by atoms with van der Waals surface area (Å²) >= 11 is 3.43. The van der Waals surface area contributed by atoms with E-state index in [2.05, 4.69) is 26.6 Å². The van der Waals surface area contributed by atoms with Gasteiger partial charge in [-0.15, -0.1) is 0 Å². The Balaban J connectivity index is 2.59. The predicted octanol–water partition coefficient (Wildman–Crippen LogP) is 2.46. The largest absolute Gasteiger partial charge is 0.483 e. The lowest BCUT2D eigenvalue weighted by Gasteiger charge is -2.14. The van der Waals surface area contributed by atoms with Crippen molar-refractivity contribution < 1.29 is 9.53 Å². The Morgan fingerprint density at radius 1 is 1.47 bits per heavy atom. The molecule has 0 aliphatic rings. The molecule has 0 aromatic heterocycles. The van der Waals surface area contributed by atoms with Crippen LogP contribution in [0.2, 0.25) is 0 Å². The Morgan fingerprint density at radius 2 is 2.21 bits per heavy atom. The molecule has 0 saturated carbocycles. The Morgan fingerprint density at radius 3 is 2.84 bits per heavy atom. The normalized spacial score (nSPS) is 12.0. The first kappa shape index (κ1) is 16.0. The maximum atomic E-state index is 11.7. The summed E-state index contributed by atoms with van der Waals surface area (Å²) in [4.78, 5) is 11.7. The smallest absolute Gasteiger partial charge is 0.258 e. The molecule has 0 bridgehead atoms. The second kappa shape index (κ2) is 8.17. The summed E-state index contributed by atoms with van der Waals surface area (Å²) in [6, 6.07) is 5.94. The molecule has 5 heteroatoms. The molecule has 1 rings (SSSR count). The molecule has 0 spiro atoms. The van der Waals surface area contributed by atoms with Crippen molar-refractivity contribution in [1.82, 2.24) is 10.6 Å². The van der Waals surface area contributed by atoms with Crippen LogP contribution in [-0.4, -0.2) is 25.6 Å². The fourth-order valence-corrected chi connectivity index (χ4v) is 1.99. The molecule has 1 unspecified atom stereocenters. The van der Waals surface area contributed by atoms with Crippen LogP contribution in [0.15, 0.2) is 22.7 Å². The summed E-state index contributed by atoms with van der Waals surface area (Å²) in [5.74, 6) is 0.643. The van der Waals surface area contributed by atoms with E-state index < -0.39 is 0 Å². The summed E-state index contributed by atoms with van der Waals surface area (Å²) in [7, 11) is 1.88. The lowest BCUT2D eigenvalue weighted by atomic mass is 10.2. The SMILES string of the molecule is CCC(C)NC(=O)COc1ccc(Br)cc1CNC. The van der Waals surface area contributed by atoms with E-state index in [1.807, 2.05) is 39.1 Å². The van der Waals surface area contributed by atoms with Crippen molar-refractivity contribution in [3.63, 3.8) is 0 Å². The van der Waals surface area contributed by atoms with Gasteiger partial charge in [-0.3, -0.25) is 4.79 Å². The van der Waals surface area contributed by atoms with Crippen LogP contribution in [-0.2, 0) is 11.3 Å². The Bertz CT molecular complexity index is 424. The monoisotopic (exact) mass is 328 g/mol. The van der Waals surface area contributed by atoms with Crippen molar-refractivity contribution in [3.05, 3.63) is 28.2 Å². The predicted molar refractivity (Wildman–Crippen MR) is 80.3 cm³/mol. The number of hydrogen-bond donors (Lipinski definition) is 2. The topological polar surface area (TPSA) is 50.4 Å². The number of carbonyl (C=O) groups is 1. The Labute approximate surface area is 123 Å². The van der Waals surface area contributed by atoms with E-state index in [9.17, 15) is 4.79 Å². The van der Waals surface area contributed by atoms with Gasteiger partial charge in [-0.05, 0) is 38.6 Å². The highest BCUT2D eigenvalue weighted by molar-refractivity contribution is 9.10. The first-order chi connectivity index (χ1) is 9.06. The third kappa shape index (κ3) is 5.61. The molecular formula is C14H21BrN2O2. The van der Waals surface area contributed by atoms with Gasteiger partial charge in [0.15, 0.2) is 6.61 Å². The van der Waals surface area contributed by atoms with E-state index in [1.165, 1.54) is 0 Å². The summed E-state index contributed by atoms with van der Waals surface area (Å²) < 4.78 is 6.57. The van der Waals surface area contributed by atoms with Gasteiger partial charge in [0.1, 0.15) is 5.75 Å². The van der Waals surface area contributed by atoms with Crippen LogP contribution < -0.4 is 15.4 Å². The molecule has 1 atom stereocenters. The minimum absolute atomic E-state index is 0.0443. The number of ether oxygens (including phenoxy) is 1. The molecule has 0 aliphatic heterocycles. The lowest BCUT2D eigenvalue weighted by molar-refractivity contribution is -0.123. The summed E-state index contributed by atoms with van der Waals surface area (Å²) in [6.45, 7) is 4.75. The summed E-state index contributed by atoms with van der Waals surface area (Å²) in [5, 5.41) is 5.95. The zero-order chi connectivity index (χ0) is 14.3. The number of nitrogens with one attached hydrogen (secondary N) is 2. The molecule has 2 N–H and O–H groups in total. The van der Waals surface area contributed by atoms with Crippen LogP contribution >= 0.6 is 15.9 Å². The first-order valence-electron chi connectivity index (χ1n) is 6.42.